The molecule has 1 aliphatic carbocycles. The molecule has 0 saturated heterocycles. The molecule has 0 aliphatic heterocycles. The van der Waals surface area contributed by atoms with E-state index in [-0.39, 0.29) is 16.9 Å². The molecular weight excluding hydrogens is 476 g/mol. The van der Waals surface area contributed by atoms with E-state index >= 15 is 0 Å². The van der Waals surface area contributed by atoms with Gasteiger partial charge in [-0.1, -0.05) is 0 Å². The zero-order valence-corrected chi connectivity index (χ0v) is 20.8. The lowest BCUT2D eigenvalue weighted by Gasteiger charge is -2.16. The van der Waals surface area contributed by atoms with Gasteiger partial charge in [-0.3, -0.25) is 10.1 Å². The molecule has 180 valence electrons. The third kappa shape index (κ3) is 5.94. The summed E-state index contributed by atoms with van der Waals surface area (Å²) in [4.78, 5) is 19.0. The Morgan fingerprint density at radius 2 is 1.85 bits per heavy atom. The Balaban J connectivity index is 1.58. The van der Waals surface area contributed by atoms with Gasteiger partial charge in [0.05, 0.1) is 17.2 Å². The number of thiazole rings is 1. The van der Waals surface area contributed by atoms with Crippen LogP contribution < -0.4 is 14.8 Å². The number of benzene rings is 2. The van der Waals surface area contributed by atoms with Gasteiger partial charge in [-0.25, -0.2) is 13.4 Å². The number of aryl methyl sites for hydroxylation is 2. The molecule has 0 bridgehead atoms. The van der Waals surface area contributed by atoms with Crippen LogP contribution in [0.5, 0.6) is 17.2 Å². The van der Waals surface area contributed by atoms with Gasteiger partial charge in [-0.15, -0.1) is 11.3 Å². The maximum atomic E-state index is 13.0. The summed E-state index contributed by atoms with van der Waals surface area (Å²) in [6.45, 7) is 2.24. The van der Waals surface area contributed by atoms with Gasteiger partial charge in [0.2, 0.25) is 0 Å². The molecular formula is C24H26N2O6S2. The minimum absolute atomic E-state index is 0.195. The number of carbonyl (C=O) groups is 1. The average Bonchev–Trinajstić information content (AvgIpc) is 3.35. The van der Waals surface area contributed by atoms with Crippen LogP contribution >= 0.6 is 11.3 Å². The van der Waals surface area contributed by atoms with Crippen LogP contribution in [0.15, 0.2) is 47.4 Å². The number of nitrogens with one attached hydrogen (secondary N) is 1. The van der Waals surface area contributed by atoms with E-state index in [1.165, 1.54) is 28.3 Å². The van der Waals surface area contributed by atoms with Crippen molar-refractivity contribution < 1.29 is 27.4 Å². The van der Waals surface area contributed by atoms with E-state index in [0.29, 0.717) is 34.6 Å². The van der Waals surface area contributed by atoms with Crippen LogP contribution in [0.3, 0.4) is 0 Å². The van der Waals surface area contributed by atoms with Gasteiger partial charge in [0, 0.05) is 29.9 Å². The minimum Gasteiger partial charge on any atom is -0.488 e. The molecule has 0 spiro atoms. The van der Waals surface area contributed by atoms with Gasteiger partial charge in [0.15, 0.2) is 15.0 Å². The summed E-state index contributed by atoms with van der Waals surface area (Å²) in [5.74, 6) is 0.925. The molecule has 1 aromatic heterocycles. The first-order valence-corrected chi connectivity index (χ1v) is 13.5. The molecule has 1 amide bonds. The van der Waals surface area contributed by atoms with Crippen molar-refractivity contribution in [3.8, 4) is 17.2 Å². The van der Waals surface area contributed by atoms with Crippen molar-refractivity contribution in [3.63, 3.8) is 0 Å². The highest BCUT2D eigenvalue weighted by molar-refractivity contribution is 7.90. The van der Waals surface area contributed by atoms with Crippen LogP contribution in [0.1, 0.15) is 34.3 Å². The Bertz CT molecular complexity index is 1260. The fourth-order valence-electron chi connectivity index (χ4n) is 3.63. The molecule has 1 heterocycles. The summed E-state index contributed by atoms with van der Waals surface area (Å²) in [6, 6.07) is 11.0. The second-order valence-electron chi connectivity index (χ2n) is 8.12. The Labute approximate surface area is 202 Å². The van der Waals surface area contributed by atoms with Gasteiger partial charge in [0.25, 0.3) is 5.91 Å². The number of nitrogens with zero attached hydrogens (tertiary/aromatic N) is 1. The zero-order chi connectivity index (χ0) is 24.3. The number of carbonyl (C=O) groups excluding carboxylic acids is 1. The Morgan fingerprint density at radius 1 is 1.12 bits per heavy atom. The first-order valence-electron chi connectivity index (χ1n) is 10.8. The minimum atomic E-state index is -3.31. The van der Waals surface area contributed by atoms with E-state index in [2.05, 4.69) is 10.3 Å². The first kappa shape index (κ1) is 24.2. The van der Waals surface area contributed by atoms with E-state index in [1.54, 1.807) is 37.4 Å². The lowest BCUT2D eigenvalue weighted by atomic mass is 10.2. The van der Waals surface area contributed by atoms with Crippen molar-refractivity contribution in [3.05, 3.63) is 58.6 Å². The summed E-state index contributed by atoms with van der Waals surface area (Å²) in [6.07, 6.45) is 3.95. The van der Waals surface area contributed by atoms with Crippen LogP contribution in [0.4, 0.5) is 5.13 Å². The third-order valence-corrected chi connectivity index (χ3v) is 7.39. The number of fused-ring (bicyclic) bond motifs is 1. The largest absolute Gasteiger partial charge is 0.488 e. The summed E-state index contributed by atoms with van der Waals surface area (Å²) < 4.78 is 40.4. The average molecular weight is 503 g/mol. The number of hydrogen-bond acceptors (Lipinski definition) is 8. The maximum absolute atomic E-state index is 13.0. The Morgan fingerprint density at radius 3 is 2.53 bits per heavy atom. The van der Waals surface area contributed by atoms with Gasteiger partial charge in [-0.05, 0) is 62.6 Å². The molecule has 10 heteroatoms. The van der Waals surface area contributed by atoms with E-state index in [1.807, 2.05) is 6.92 Å². The molecule has 2 aromatic carbocycles. The first-order chi connectivity index (χ1) is 16.2. The van der Waals surface area contributed by atoms with Crippen LogP contribution in [0.25, 0.3) is 0 Å². The summed E-state index contributed by atoms with van der Waals surface area (Å²) in [5, 5.41) is 3.45. The highest BCUT2D eigenvalue weighted by atomic mass is 32.2. The van der Waals surface area contributed by atoms with Crippen molar-refractivity contribution >= 4 is 32.2 Å². The van der Waals surface area contributed by atoms with Gasteiger partial charge in [0.1, 0.15) is 23.4 Å². The molecule has 0 saturated carbocycles. The molecule has 0 fully saturated rings. The Kier molecular flexibility index (Phi) is 7.20. The topological polar surface area (TPSA) is 104 Å². The fraction of sp³-hybridized carbons (Fsp3) is 0.333. The van der Waals surface area contributed by atoms with Gasteiger partial charge in [-0.2, -0.15) is 0 Å². The quantitative estimate of drug-likeness (QED) is 0.460. The van der Waals surface area contributed by atoms with Crippen molar-refractivity contribution in [2.45, 2.75) is 37.2 Å². The van der Waals surface area contributed by atoms with E-state index in [4.69, 9.17) is 14.2 Å². The molecule has 1 unspecified atom stereocenters. The van der Waals surface area contributed by atoms with Crippen molar-refractivity contribution in [1.82, 2.24) is 4.98 Å². The molecule has 8 nitrogen and oxygen atoms in total. The smallest absolute Gasteiger partial charge is 0.257 e. The summed E-state index contributed by atoms with van der Waals surface area (Å²) >= 11 is 1.51. The lowest BCUT2D eigenvalue weighted by molar-refractivity contribution is 0.0916. The summed E-state index contributed by atoms with van der Waals surface area (Å²) in [5.41, 5.74) is 1.41. The highest BCUT2D eigenvalue weighted by Crippen LogP contribution is 2.32. The van der Waals surface area contributed by atoms with Crippen LogP contribution in [-0.2, 0) is 27.4 Å². The van der Waals surface area contributed by atoms with Crippen LogP contribution in [0.2, 0.25) is 0 Å². The molecule has 1 atom stereocenters. The number of rotatable bonds is 9. The second kappa shape index (κ2) is 10.1. The predicted molar refractivity (Wildman–Crippen MR) is 130 cm³/mol. The number of anilines is 1. The standard InChI is InChI=1S/C24H26N2O6S2/c1-15(14-30-2)31-18-11-16(23(27)26-24-25-21-5-4-6-22(21)33-24)12-19(13-18)32-17-7-9-20(10-8-17)34(3,28)29/h7-13,15H,4-6,14H2,1-3H3,(H,25,26,27). The van der Waals surface area contributed by atoms with E-state index in [9.17, 15) is 13.2 Å². The number of ether oxygens (including phenoxy) is 3. The Hall–Kier alpha value is -2.95. The van der Waals surface area contributed by atoms with E-state index < -0.39 is 9.84 Å². The molecule has 0 radical (unpaired) electrons. The van der Waals surface area contributed by atoms with E-state index in [0.717, 1.165) is 31.2 Å². The number of methoxy groups -OCH3 is 1. The normalized spacial score (nSPS) is 13.9. The molecule has 3 aromatic rings. The number of sulfone groups is 1. The van der Waals surface area contributed by atoms with Crippen molar-refractivity contribution in [1.29, 1.82) is 0 Å². The van der Waals surface area contributed by atoms with Crippen LogP contribution in [0, 0.1) is 0 Å². The van der Waals surface area contributed by atoms with Crippen molar-refractivity contribution in [2.75, 3.05) is 25.3 Å². The number of aromatic nitrogens is 1. The zero-order valence-electron chi connectivity index (χ0n) is 19.2. The molecule has 1 N–H and O–H groups in total. The molecule has 1 aliphatic rings. The highest BCUT2D eigenvalue weighted by Gasteiger charge is 2.19. The van der Waals surface area contributed by atoms with Gasteiger partial charge < -0.3 is 14.2 Å². The summed E-state index contributed by atoms with van der Waals surface area (Å²) in [7, 11) is -1.72. The third-order valence-electron chi connectivity index (χ3n) is 5.18. The SMILES string of the molecule is COCC(C)Oc1cc(Oc2ccc(S(C)(=O)=O)cc2)cc(C(=O)Nc2nc3c(s2)CCC3)c1. The maximum Gasteiger partial charge on any atom is 0.257 e. The van der Waals surface area contributed by atoms with Crippen molar-refractivity contribution in [2.24, 2.45) is 0 Å². The number of amides is 1. The predicted octanol–water partition coefficient (Wildman–Crippen LogP) is 4.49. The number of hydrogen-bond donors (Lipinski definition) is 1. The molecule has 34 heavy (non-hydrogen) atoms. The van der Waals surface area contributed by atoms with Gasteiger partial charge >= 0.3 is 0 Å². The monoisotopic (exact) mass is 502 g/mol. The lowest BCUT2D eigenvalue weighted by Crippen LogP contribution is -2.18. The molecule has 4 rings (SSSR count). The van der Waals surface area contributed by atoms with Crippen LogP contribution in [-0.4, -0.2) is 45.4 Å². The second-order valence-corrected chi connectivity index (χ2v) is 11.2. The fourth-order valence-corrected chi connectivity index (χ4v) is 5.31.